The molecule has 1 heterocycles. The van der Waals surface area contributed by atoms with Crippen LogP contribution in [0.4, 0.5) is 13.2 Å². The molecular formula is C20H25F3N6O2S. The summed E-state index contributed by atoms with van der Waals surface area (Å²) in [6.07, 6.45) is 2.74. The Morgan fingerprint density at radius 1 is 1.31 bits per heavy atom. The van der Waals surface area contributed by atoms with Crippen molar-refractivity contribution >= 4 is 34.8 Å². The number of sulfone groups is 1. The summed E-state index contributed by atoms with van der Waals surface area (Å²) in [7, 11) is -0.715. The van der Waals surface area contributed by atoms with Gasteiger partial charge in [-0.25, -0.2) is 23.4 Å². The third-order valence-electron chi connectivity index (χ3n) is 3.93. The molecule has 12 heteroatoms. The largest absolute Gasteiger partial charge is 0.433 e. The fourth-order valence-electron chi connectivity index (χ4n) is 2.28. The van der Waals surface area contributed by atoms with E-state index >= 15 is 0 Å². The molecule has 0 aromatic rings. The van der Waals surface area contributed by atoms with Crippen LogP contribution in [0.1, 0.15) is 6.92 Å². The van der Waals surface area contributed by atoms with Gasteiger partial charge in [-0.2, -0.15) is 18.3 Å². The highest BCUT2D eigenvalue weighted by Crippen LogP contribution is 2.29. The molecule has 0 aromatic carbocycles. The molecular weight excluding hydrogens is 445 g/mol. The van der Waals surface area contributed by atoms with Gasteiger partial charge in [0.2, 0.25) is 0 Å². The molecule has 0 bridgehead atoms. The first kappa shape index (κ1) is 26.8. The normalized spacial score (nSPS) is 17.0. The SMILES string of the molecule is C=CN=CN(C)C/C=C\C(=C(/N=C)N(C)/N=C1/C=C(C(F)(F)F)N=CC1=C)S(=O)(=O)CC. The van der Waals surface area contributed by atoms with E-state index in [1.54, 1.807) is 18.0 Å². The second kappa shape index (κ2) is 11.4. The number of hydrazone groups is 1. The molecule has 0 N–H and O–H groups in total. The quantitative estimate of drug-likeness (QED) is 0.212. The lowest BCUT2D eigenvalue weighted by molar-refractivity contribution is -0.0922. The van der Waals surface area contributed by atoms with E-state index in [-0.39, 0.29) is 27.8 Å². The lowest BCUT2D eigenvalue weighted by atomic mass is 10.1. The minimum atomic E-state index is -4.67. The van der Waals surface area contributed by atoms with Gasteiger partial charge in [-0.1, -0.05) is 26.2 Å². The van der Waals surface area contributed by atoms with Crippen LogP contribution in [-0.2, 0) is 9.84 Å². The molecule has 0 aliphatic carbocycles. The van der Waals surface area contributed by atoms with E-state index in [2.05, 4.69) is 40.0 Å². The van der Waals surface area contributed by atoms with Gasteiger partial charge in [0.1, 0.15) is 10.6 Å². The van der Waals surface area contributed by atoms with E-state index in [9.17, 15) is 21.6 Å². The van der Waals surface area contributed by atoms with Crippen LogP contribution in [0.5, 0.6) is 0 Å². The molecule has 0 atom stereocenters. The van der Waals surface area contributed by atoms with Crippen molar-refractivity contribution in [2.24, 2.45) is 20.1 Å². The van der Waals surface area contributed by atoms with Gasteiger partial charge in [0, 0.05) is 38.6 Å². The summed E-state index contributed by atoms with van der Waals surface area (Å²) in [5, 5.41) is 5.09. The van der Waals surface area contributed by atoms with Crippen LogP contribution in [0.3, 0.4) is 0 Å². The number of likely N-dealkylation sites (N-methyl/N-ethyl adjacent to an activating group) is 1. The number of allylic oxidation sites excluding steroid dienone is 4. The Kier molecular flexibility index (Phi) is 9.51. The summed E-state index contributed by atoms with van der Waals surface area (Å²) in [4.78, 5) is 12.4. The van der Waals surface area contributed by atoms with E-state index < -0.39 is 21.7 Å². The number of rotatable bonds is 10. The van der Waals surface area contributed by atoms with Gasteiger partial charge in [-0.05, 0) is 18.9 Å². The number of hydrogen-bond acceptors (Lipinski definition) is 7. The maximum absolute atomic E-state index is 13.0. The number of nitrogens with zero attached hydrogens (tertiary/aromatic N) is 6. The standard InChI is InChI=1S/C20H25F3N6O2S/c1-7-25-14-28(5)11-9-10-17(32(30,31)8-2)19(24-4)29(6)27-16-12-18(20(21,22)23)26-13-15(16)3/h7,9-10,12-14H,1,3-4,8,11H2,2,5-6H3/b10-9-,19-17-,25-14?,27-16-. The minimum Gasteiger partial charge on any atom is -0.362 e. The third-order valence-corrected chi connectivity index (χ3v) is 5.68. The highest BCUT2D eigenvalue weighted by molar-refractivity contribution is 7.95. The molecule has 32 heavy (non-hydrogen) atoms. The van der Waals surface area contributed by atoms with Crippen molar-refractivity contribution in [1.82, 2.24) is 9.91 Å². The van der Waals surface area contributed by atoms with Crippen molar-refractivity contribution in [3.8, 4) is 0 Å². The topological polar surface area (TPSA) is 90.1 Å². The molecule has 0 spiro atoms. The summed E-state index contributed by atoms with van der Waals surface area (Å²) >= 11 is 0. The van der Waals surface area contributed by atoms with Crippen LogP contribution >= 0.6 is 0 Å². The number of aliphatic imine (C=N–C) groups is 3. The molecule has 1 aliphatic rings. The monoisotopic (exact) mass is 470 g/mol. The fraction of sp³-hybridized carbons (Fsp3) is 0.300. The average molecular weight is 471 g/mol. The molecule has 0 unspecified atom stereocenters. The van der Waals surface area contributed by atoms with Crippen molar-refractivity contribution in [3.63, 3.8) is 0 Å². The number of alkyl halides is 3. The lowest BCUT2D eigenvalue weighted by Gasteiger charge is -2.19. The predicted octanol–water partition coefficient (Wildman–Crippen LogP) is 3.33. The molecule has 0 amide bonds. The Morgan fingerprint density at radius 3 is 2.50 bits per heavy atom. The molecule has 0 radical (unpaired) electrons. The molecule has 1 rings (SSSR count). The molecule has 8 nitrogen and oxygen atoms in total. The summed E-state index contributed by atoms with van der Waals surface area (Å²) in [6, 6.07) is 0. The molecule has 0 saturated heterocycles. The van der Waals surface area contributed by atoms with E-state index in [4.69, 9.17) is 0 Å². The van der Waals surface area contributed by atoms with Crippen molar-refractivity contribution in [3.05, 3.63) is 59.6 Å². The molecule has 0 saturated carbocycles. The molecule has 174 valence electrons. The van der Waals surface area contributed by atoms with Crippen LogP contribution in [0.15, 0.2) is 79.7 Å². The maximum Gasteiger partial charge on any atom is 0.433 e. The van der Waals surface area contributed by atoms with E-state index in [0.717, 1.165) is 17.3 Å². The Labute approximate surface area is 185 Å². The van der Waals surface area contributed by atoms with Gasteiger partial charge >= 0.3 is 6.18 Å². The zero-order valence-electron chi connectivity index (χ0n) is 18.0. The number of halogens is 3. The van der Waals surface area contributed by atoms with E-state index in [0.29, 0.717) is 6.54 Å². The average Bonchev–Trinajstić information content (AvgIpc) is 2.72. The predicted molar refractivity (Wildman–Crippen MR) is 123 cm³/mol. The summed E-state index contributed by atoms with van der Waals surface area (Å²) < 4.78 is 64.3. The number of hydrogen-bond donors (Lipinski definition) is 0. The van der Waals surface area contributed by atoms with Crippen molar-refractivity contribution < 1.29 is 21.6 Å². The second-order valence-electron chi connectivity index (χ2n) is 6.36. The first-order valence-corrected chi connectivity index (χ1v) is 10.8. The molecule has 0 fully saturated rings. The highest BCUT2D eigenvalue weighted by Gasteiger charge is 2.35. The van der Waals surface area contributed by atoms with Gasteiger partial charge in [0.05, 0.1) is 17.8 Å². The van der Waals surface area contributed by atoms with Crippen LogP contribution in [0, 0.1) is 0 Å². The van der Waals surface area contributed by atoms with E-state index in [1.165, 1.54) is 32.6 Å². The van der Waals surface area contributed by atoms with Crippen LogP contribution < -0.4 is 0 Å². The lowest BCUT2D eigenvalue weighted by Crippen LogP contribution is -2.21. The van der Waals surface area contributed by atoms with Crippen molar-refractivity contribution in [2.75, 3.05) is 26.4 Å². The first-order chi connectivity index (χ1) is 14.9. The summed E-state index contributed by atoms with van der Waals surface area (Å²) in [6.45, 7) is 12.2. The fourth-order valence-corrected chi connectivity index (χ4v) is 3.37. The highest BCUT2D eigenvalue weighted by atomic mass is 32.2. The summed E-state index contributed by atoms with van der Waals surface area (Å²) in [5.74, 6) is -0.392. The Hall–Kier alpha value is -3.28. The smallest absolute Gasteiger partial charge is 0.362 e. The van der Waals surface area contributed by atoms with E-state index in [1.807, 2.05) is 0 Å². The van der Waals surface area contributed by atoms with Crippen molar-refractivity contribution in [1.29, 1.82) is 0 Å². The molecule has 1 aliphatic heterocycles. The van der Waals surface area contributed by atoms with Gasteiger partial charge in [0.15, 0.2) is 15.7 Å². The van der Waals surface area contributed by atoms with Crippen molar-refractivity contribution in [2.45, 2.75) is 13.1 Å². The maximum atomic E-state index is 13.0. The minimum absolute atomic E-state index is 0.117. The zero-order chi connectivity index (χ0) is 24.5. The summed E-state index contributed by atoms with van der Waals surface area (Å²) in [5.41, 5.74) is -1.18. The first-order valence-electron chi connectivity index (χ1n) is 9.16. The second-order valence-corrected chi connectivity index (χ2v) is 8.60. The van der Waals surface area contributed by atoms with Crippen LogP contribution in [-0.4, -0.2) is 75.9 Å². The zero-order valence-corrected chi connectivity index (χ0v) is 18.9. The Morgan fingerprint density at radius 2 is 1.97 bits per heavy atom. The van der Waals surface area contributed by atoms with Gasteiger partial charge in [-0.15, -0.1) is 0 Å². The Balaban J connectivity index is 3.45. The Bertz CT molecular complexity index is 1030. The van der Waals surface area contributed by atoms with Gasteiger partial charge in [-0.3, -0.25) is 4.99 Å². The van der Waals surface area contributed by atoms with Gasteiger partial charge < -0.3 is 4.90 Å². The van der Waals surface area contributed by atoms with Crippen LogP contribution in [0.25, 0.3) is 0 Å². The third kappa shape index (κ3) is 7.45. The molecule has 0 aromatic heterocycles. The van der Waals surface area contributed by atoms with Crippen LogP contribution in [0.2, 0.25) is 0 Å². The van der Waals surface area contributed by atoms with Gasteiger partial charge in [0.25, 0.3) is 0 Å².